The molecule has 3 heteroatoms. The average molecular weight is 335 g/mol. The van der Waals surface area contributed by atoms with Gasteiger partial charge in [-0.25, -0.2) is 4.39 Å². The summed E-state index contributed by atoms with van der Waals surface area (Å²) in [4.78, 5) is 2.02. The molecule has 0 spiro atoms. The third kappa shape index (κ3) is 3.82. The number of hydrogen-bond acceptors (Lipinski definition) is 2. The van der Waals surface area contributed by atoms with Crippen molar-refractivity contribution < 1.29 is 9.13 Å². The monoisotopic (exact) mass is 335 g/mol. The molecule has 0 saturated heterocycles. The maximum Gasteiger partial charge on any atom is 0.126 e. The van der Waals surface area contributed by atoms with E-state index in [0.29, 0.717) is 0 Å². The Morgan fingerprint density at radius 1 is 0.960 bits per heavy atom. The average Bonchev–Trinajstić information content (AvgIpc) is 2.61. The lowest BCUT2D eigenvalue weighted by Gasteiger charge is -2.15. The molecule has 128 valence electrons. The number of hydrogen-bond donors (Lipinski definition) is 0. The minimum atomic E-state index is -0.220. The van der Waals surface area contributed by atoms with Crippen molar-refractivity contribution in [2.75, 3.05) is 21.2 Å². The molecule has 0 unspecified atom stereocenters. The molecule has 0 amide bonds. The second-order valence-electron chi connectivity index (χ2n) is 6.27. The number of rotatable bonds is 5. The normalized spacial score (nSPS) is 11.6. The van der Waals surface area contributed by atoms with Gasteiger partial charge in [-0.2, -0.15) is 0 Å². The molecule has 0 aliphatic carbocycles. The summed E-state index contributed by atoms with van der Waals surface area (Å²) in [6.45, 7) is 0. The summed E-state index contributed by atoms with van der Waals surface area (Å²) in [5.41, 5.74) is 3.38. The lowest BCUT2D eigenvalue weighted by Crippen LogP contribution is -2.04. The van der Waals surface area contributed by atoms with Crippen molar-refractivity contribution in [2.45, 2.75) is 6.42 Å². The summed E-state index contributed by atoms with van der Waals surface area (Å²) in [7, 11) is 5.68. The number of nitrogens with zero attached hydrogens (tertiary/aromatic N) is 1. The molecule has 0 aliphatic rings. The van der Waals surface area contributed by atoms with Crippen LogP contribution in [0.3, 0.4) is 0 Å². The highest BCUT2D eigenvalue weighted by molar-refractivity contribution is 5.92. The Bertz CT molecular complexity index is 898. The van der Waals surface area contributed by atoms with E-state index in [9.17, 15) is 4.39 Å². The highest BCUT2D eigenvalue weighted by Gasteiger charge is 2.10. The summed E-state index contributed by atoms with van der Waals surface area (Å²) in [5, 5.41) is 2.28. The molecule has 3 aromatic rings. The second-order valence-corrected chi connectivity index (χ2v) is 6.27. The van der Waals surface area contributed by atoms with Gasteiger partial charge in [0.1, 0.15) is 11.6 Å². The molecule has 0 aromatic heterocycles. The number of halogens is 1. The van der Waals surface area contributed by atoms with E-state index in [1.807, 2.05) is 49.3 Å². The van der Waals surface area contributed by atoms with Crippen LogP contribution < -0.4 is 4.74 Å². The van der Waals surface area contributed by atoms with Gasteiger partial charge in [-0.3, -0.25) is 0 Å². The zero-order valence-electron chi connectivity index (χ0n) is 14.8. The van der Waals surface area contributed by atoms with E-state index in [0.717, 1.165) is 28.7 Å². The molecule has 2 nitrogen and oxygen atoms in total. The van der Waals surface area contributed by atoms with Gasteiger partial charge in [-0.1, -0.05) is 42.5 Å². The number of fused-ring (bicyclic) bond motifs is 1. The first-order valence-corrected chi connectivity index (χ1v) is 8.26. The molecular formula is C22H22FNO. The third-order valence-electron chi connectivity index (χ3n) is 4.20. The lowest BCUT2D eigenvalue weighted by atomic mass is 9.94. The quantitative estimate of drug-likeness (QED) is 0.641. The molecule has 25 heavy (non-hydrogen) atoms. The van der Waals surface area contributed by atoms with Gasteiger partial charge in [0, 0.05) is 32.1 Å². The van der Waals surface area contributed by atoms with Gasteiger partial charge in [0.2, 0.25) is 0 Å². The Labute approximate surface area is 148 Å². The van der Waals surface area contributed by atoms with E-state index in [2.05, 4.69) is 24.4 Å². The molecule has 0 saturated carbocycles. The molecule has 0 radical (unpaired) electrons. The summed E-state index contributed by atoms with van der Waals surface area (Å²) in [6.07, 6.45) is 2.85. The van der Waals surface area contributed by atoms with Crippen LogP contribution in [0.5, 0.6) is 5.75 Å². The van der Waals surface area contributed by atoms with E-state index in [-0.39, 0.29) is 5.82 Å². The van der Waals surface area contributed by atoms with Gasteiger partial charge in [-0.05, 0) is 40.3 Å². The van der Waals surface area contributed by atoms with Crippen LogP contribution in [0.4, 0.5) is 4.39 Å². The van der Waals surface area contributed by atoms with Crippen LogP contribution in [-0.4, -0.2) is 26.1 Å². The fourth-order valence-corrected chi connectivity index (χ4v) is 3.07. The van der Waals surface area contributed by atoms with Gasteiger partial charge in [0.25, 0.3) is 0 Å². The fraction of sp³-hybridized carbons (Fsp3) is 0.182. The SMILES string of the molecule is COc1ccc(C/C(=C\N(C)C)c2ccc(F)cc2)c2ccccc12. The largest absolute Gasteiger partial charge is 0.496 e. The van der Waals surface area contributed by atoms with Crippen LogP contribution in [0.25, 0.3) is 16.3 Å². The van der Waals surface area contributed by atoms with E-state index in [1.165, 1.54) is 23.1 Å². The summed E-state index contributed by atoms with van der Waals surface area (Å²) in [6, 6.07) is 19.0. The van der Waals surface area contributed by atoms with Gasteiger partial charge in [0.05, 0.1) is 7.11 Å². The molecular weight excluding hydrogens is 313 g/mol. The minimum Gasteiger partial charge on any atom is -0.496 e. The van der Waals surface area contributed by atoms with Crippen molar-refractivity contribution >= 4 is 16.3 Å². The molecule has 0 N–H and O–H groups in total. The minimum absolute atomic E-state index is 0.220. The smallest absolute Gasteiger partial charge is 0.126 e. The predicted molar refractivity (Wildman–Crippen MR) is 102 cm³/mol. The van der Waals surface area contributed by atoms with Crippen molar-refractivity contribution in [2.24, 2.45) is 0 Å². The standard InChI is InChI=1S/C22H22FNO/c1-24(2)15-18(16-8-11-19(23)12-9-16)14-17-10-13-22(25-3)21-7-5-4-6-20(17)21/h4-13,15H,14H2,1-3H3/b18-15+. The first-order valence-electron chi connectivity index (χ1n) is 8.26. The van der Waals surface area contributed by atoms with Crippen LogP contribution in [0.1, 0.15) is 11.1 Å². The molecule has 0 heterocycles. The molecule has 0 aliphatic heterocycles. The topological polar surface area (TPSA) is 12.5 Å². The Morgan fingerprint density at radius 3 is 2.28 bits per heavy atom. The predicted octanol–water partition coefficient (Wildman–Crippen LogP) is 5.13. The first kappa shape index (κ1) is 17.0. The van der Waals surface area contributed by atoms with Crippen molar-refractivity contribution in [1.29, 1.82) is 0 Å². The van der Waals surface area contributed by atoms with Gasteiger partial charge in [-0.15, -0.1) is 0 Å². The Hall–Kier alpha value is -2.81. The van der Waals surface area contributed by atoms with E-state index in [4.69, 9.17) is 4.74 Å². The molecule has 3 aromatic carbocycles. The highest BCUT2D eigenvalue weighted by Crippen LogP contribution is 2.31. The van der Waals surface area contributed by atoms with Gasteiger partial charge >= 0.3 is 0 Å². The molecule has 0 bridgehead atoms. The number of methoxy groups -OCH3 is 1. The van der Waals surface area contributed by atoms with E-state index < -0.39 is 0 Å². The summed E-state index contributed by atoms with van der Waals surface area (Å²) < 4.78 is 18.8. The van der Waals surface area contributed by atoms with Crippen molar-refractivity contribution in [3.05, 3.63) is 83.8 Å². The van der Waals surface area contributed by atoms with Crippen molar-refractivity contribution in [3.63, 3.8) is 0 Å². The van der Waals surface area contributed by atoms with Crippen molar-refractivity contribution in [1.82, 2.24) is 4.90 Å². The first-order chi connectivity index (χ1) is 12.1. The molecule has 3 rings (SSSR count). The lowest BCUT2D eigenvalue weighted by molar-refractivity contribution is 0.419. The van der Waals surface area contributed by atoms with Crippen molar-refractivity contribution in [3.8, 4) is 5.75 Å². The zero-order valence-corrected chi connectivity index (χ0v) is 14.8. The molecule has 0 atom stereocenters. The summed E-state index contributed by atoms with van der Waals surface area (Å²) >= 11 is 0. The van der Waals surface area contributed by atoms with Gasteiger partial charge in [0.15, 0.2) is 0 Å². The zero-order chi connectivity index (χ0) is 17.8. The van der Waals surface area contributed by atoms with Gasteiger partial charge < -0.3 is 9.64 Å². The third-order valence-corrected chi connectivity index (χ3v) is 4.20. The molecule has 0 fully saturated rings. The highest BCUT2D eigenvalue weighted by atomic mass is 19.1. The second kappa shape index (κ2) is 7.39. The van der Waals surface area contributed by atoms with Crippen LogP contribution in [0.2, 0.25) is 0 Å². The van der Waals surface area contributed by atoms with E-state index in [1.54, 1.807) is 7.11 Å². The van der Waals surface area contributed by atoms with E-state index >= 15 is 0 Å². The Balaban J connectivity index is 2.06. The number of allylic oxidation sites excluding steroid dienone is 1. The van der Waals surface area contributed by atoms with Crippen LogP contribution in [0, 0.1) is 5.82 Å². The number of benzene rings is 3. The Kier molecular flexibility index (Phi) is 5.03. The van der Waals surface area contributed by atoms with Crippen LogP contribution in [0.15, 0.2) is 66.9 Å². The number of ether oxygens (including phenoxy) is 1. The summed E-state index contributed by atoms with van der Waals surface area (Å²) in [5.74, 6) is 0.655. The van der Waals surface area contributed by atoms with Crippen LogP contribution >= 0.6 is 0 Å². The fourth-order valence-electron chi connectivity index (χ4n) is 3.07. The van der Waals surface area contributed by atoms with Crippen LogP contribution in [-0.2, 0) is 6.42 Å². The maximum absolute atomic E-state index is 13.3. The Morgan fingerprint density at radius 2 is 1.64 bits per heavy atom. The maximum atomic E-state index is 13.3.